The van der Waals surface area contributed by atoms with Crippen LogP contribution in [0.25, 0.3) is 0 Å². The van der Waals surface area contributed by atoms with Crippen molar-refractivity contribution in [2.45, 2.75) is 6.42 Å². The van der Waals surface area contributed by atoms with Gasteiger partial charge in [-0.25, -0.2) is 0 Å². The van der Waals surface area contributed by atoms with E-state index in [-0.39, 0.29) is 12.5 Å². The van der Waals surface area contributed by atoms with Gasteiger partial charge in [-0.15, -0.1) is 0 Å². The zero-order valence-corrected chi connectivity index (χ0v) is 9.90. The number of methoxy groups -OCH3 is 1. The number of amides is 1. The number of para-hydroxylation sites is 1. The molecule has 0 aliphatic carbocycles. The van der Waals surface area contributed by atoms with Crippen molar-refractivity contribution >= 4 is 17.3 Å². The highest BCUT2D eigenvalue weighted by Gasteiger charge is 2.23. The van der Waals surface area contributed by atoms with Gasteiger partial charge >= 0.3 is 0 Å². The van der Waals surface area contributed by atoms with Crippen molar-refractivity contribution in [1.29, 1.82) is 0 Å². The molecule has 0 saturated heterocycles. The lowest BCUT2D eigenvalue weighted by Crippen LogP contribution is -2.36. The number of nitrogens with zero attached hydrogens (tertiary/aromatic N) is 1. The molecule has 0 spiro atoms. The van der Waals surface area contributed by atoms with E-state index in [1.54, 1.807) is 12.0 Å². The van der Waals surface area contributed by atoms with Crippen LogP contribution in [0.1, 0.15) is 6.42 Å². The van der Waals surface area contributed by atoms with Crippen LogP contribution in [-0.4, -0.2) is 32.7 Å². The molecule has 0 radical (unpaired) electrons. The van der Waals surface area contributed by atoms with Crippen LogP contribution in [0, 0.1) is 0 Å². The smallest absolute Gasteiger partial charge is 0.240 e. The van der Waals surface area contributed by atoms with Crippen LogP contribution in [0.4, 0.5) is 11.4 Å². The number of benzene rings is 1. The maximum absolute atomic E-state index is 11.9. The van der Waals surface area contributed by atoms with Crippen molar-refractivity contribution in [1.82, 2.24) is 0 Å². The molecule has 2 rings (SSSR count). The first-order chi connectivity index (χ1) is 8.27. The van der Waals surface area contributed by atoms with Crippen molar-refractivity contribution in [3.8, 4) is 5.75 Å². The average molecular weight is 235 g/mol. The molecule has 1 aromatic rings. The van der Waals surface area contributed by atoms with Gasteiger partial charge in [-0.05, 0) is 18.6 Å². The Bertz CT molecular complexity index is 420. The van der Waals surface area contributed by atoms with Crippen molar-refractivity contribution in [3.63, 3.8) is 0 Å². The molecule has 0 aromatic heterocycles. The van der Waals surface area contributed by atoms with Crippen LogP contribution in [0.2, 0.25) is 0 Å². The molecule has 0 fully saturated rings. The van der Waals surface area contributed by atoms with Crippen LogP contribution < -0.4 is 20.7 Å². The molecule has 1 aromatic carbocycles. The van der Waals surface area contributed by atoms with Gasteiger partial charge in [0.15, 0.2) is 0 Å². The number of nitrogens with two attached hydrogens (primary N) is 1. The van der Waals surface area contributed by atoms with Crippen LogP contribution in [0.5, 0.6) is 5.75 Å². The Kier molecular flexibility index (Phi) is 3.49. The normalized spacial score (nSPS) is 14.6. The van der Waals surface area contributed by atoms with Crippen LogP contribution in [-0.2, 0) is 4.79 Å². The Morgan fingerprint density at radius 2 is 2.41 bits per heavy atom. The second-order valence-corrected chi connectivity index (χ2v) is 3.89. The van der Waals surface area contributed by atoms with Gasteiger partial charge in [-0.2, -0.15) is 0 Å². The molecule has 92 valence electrons. The first kappa shape index (κ1) is 11.7. The Hall–Kier alpha value is -1.75. The molecule has 0 saturated carbocycles. The van der Waals surface area contributed by atoms with Gasteiger partial charge in [0, 0.05) is 13.1 Å². The number of fused-ring (bicyclic) bond motifs is 1. The van der Waals surface area contributed by atoms with Crippen LogP contribution in [0.3, 0.4) is 0 Å². The lowest BCUT2D eigenvalue weighted by molar-refractivity contribution is -0.117. The molecule has 1 aliphatic heterocycles. The number of hydrogen-bond donors (Lipinski definition) is 2. The molecule has 1 amide bonds. The highest BCUT2D eigenvalue weighted by atomic mass is 16.5. The topological polar surface area (TPSA) is 67.6 Å². The largest absolute Gasteiger partial charge is 0.494 e. The van der Waals surface area contributed by atoms with E-state index in [1.807, 2.05) is 18.2 Å². The summed E-state index contributed by atoms with van der Waals surface area (Å²) in [5, 5.41) is 3.29. The summed E-state index contributed by atoms with van der Waals surface area (Å²) in [5.74, 6) is 0.609. The maximum atomic E-state index is 11.9. The van der Waals surface area contributed by atoms with E-state index >= 15 is 0 Å². The number of hydrogen-bond acceptors (Lipinski definition) is 4. The van der Waals surface area contributed by atoms with Crippen LogP contribution in [0.15, 0.2) is 18.2 Å². The van der Waals surface area contributed by atoms with Gasteiger partial charge in [0.25, 0.3) is 0 Å². The van der Waals surface area contributed by atoms with Crippen LogP contribution >= 0.6 is 0 Å². The SMILES string of the molecule is COc1cccc2c1N(C(=O)CN)CCCN2. The van der Waals surface area contributed by atoms with E-state index in [0.717, 1.165) is 24.3 Å². The molecule has 0 unspecified atom stereocenters. The standard InChI is InChI=1S/C12H17N3O2/c1-17-10-5-2-4-9-12(10)15(11(16)8-13)7-3-6-14-9/h2,4-5,14H,3,6-8,13H2,1H3. The second-order valence-electron chi connectivity index (χ2n) is 3.89. The molecule has 5 heteroatoms. The fourth-order valence-corrected chi connectivity index (χ4v) is 2.04. The number of carbonyl (C=O) groups is 1. The number of rotatable bonds is 2. The first-order valence-corrected chi connectivity index (χ1v) is 5.69. The van der Waals surface area contributed by atoms with Crippen molar-refractivity contribution in [2.75, 3.05) is 37.0 Å². The third-order valence-corrected chi connectivity index (χ3v) is 2.84. The van der Waals surface area contributed by atoms with Crippen molar-refractivity contribution in [3.05, 3.63) is 18.2 Å². The monoisotopic (exact) mass is 235 g/mol. The molecule has 17 heavy (non-hydrogen) atoms. The van der Waals surface area contributed by atoms with Gasteiger partial charge in [0.2, 0.25) is 5.91 Å². The summed E-state index contributed by atoms with van der Waals surface area (Å²) in [6, 6.07) is 5.70. The minimum Gasteiger partial charge on any atom is -0.494 e. The molecule has 0 atom stereocenters. The molecule has 0 bridgehead atoms. The van der Waals surface area contributed by atoms with E-state index in [2.05, 4.69) is 5.32 Å². The molecular formula is C12H17N3O2. The first-order valence-electron chi connectivity index (χ1n) is 5.69. The van der Waals surface area contributed by atoms with Gasteiger partial charge in [0.05, 0.1) is 19.3 Å². The molecular weight excluding hydrogens is 218 g/mol. The summed E-state index contributed by atoms with van der Waals surface area (Å²) in [6.07, 6.45) is 0.892. The van der Waals surface area contributed by atoms with Gasteiger partial charge in [0.1, 0.15) is 11.4 Å². The Morgan fingerprint density at radius 1 is 1.59 bits per heavy atom. The predicted octanol–water partition coefficient (Wildman–Crippen LogP) is 0.802. The molecule has 5 nitrogen and oxygen atoms in total. The Morgan fingerprint density at radius 3 is 3.12 bits per heavy atom. The van der Waals surface area contributed by atoms with E-state index in [4.69, 9.17) is 10.5 Å². The van der Waals surface area contributed by atoms with Gasteiger partial charge in [-0.3, -0.25) is 4.79 Å². The van der Waals surface area contributed by atoms with Gasteiger partial charge < -0.3 is 20.7 Å². The third-order valence-electron chi connectivity index (χ3n) is 2.84. The lowest BCUT2D eigenvalue weighted by Gasteiger charge is -2.23. The lowest BCUT2D eigenvalue weighted by atomic mass is 10.2. The van der Waals surface area contributed by atoms with E-state index < -0.39 is 0 Å². The summed E-state index contributed by atoms with van der Waals surface area (Å²) in [4.78, 5) is 13.6. The van der Waals surface area contributed by atoms with E-state index in [9.17, 15) is 4.79 Å². The van der Waals surface area contributed by atoms with Crippen molar-refractivity contribution < 1.29 is 9.53 Å². The minimum absolute atomic E-state index is 0.0114. The summed E-state index contributed by atoms with van der Waals surface area (Å²) in [7, 11) is 1.60. The average Bonchev–Trinajstić information content (AvgIpc) is 2.59. The predicted molar refractivity (Wildman–Crippen MR) is 67.5 cm³/mol. The molecule has 3 N–H and O–H groups in total. The zero-order valence-electron chi connectivity index (χ0n) is 9.90. The van der Waals surface area contributed by atoms with Gasteiger partial charge in [-0.1, -0.05) is 6.07 Å². The minimum atomic E-state index is -0.0838. The van der Waals surface area contributed by atoms with Crippen molar-refractivity contribution in [2.24, 2.45) is 5.73 Å². The fraction of sp³-hybridized carbons (Fsp3) is 0.417. The highest BCUT2D eigenvalue weighted by Crippen LogP contribution is 2.37. The van der Waals surface area contributed by atoms with E-state index in [0.29, 0.717) is 12.3 Å². The fourth-order valence-electron chi connectivity index (χ4n) is 2.04. The quantitative estimate of drug-likeness (QED) is 0.795. The Labute approximate surface area is 101 Å². The molecule has 1 heterocycles. The number of anilines is 2. The second kappa shape index (κ2) is 5.05. The summed E-state index contributed by atoms with van der Waals surface area (Å²) >= 11 is 0. The maximum Gasteiger partial charge on any atom is 0.240 e. The number of carbonyl (C=O) groups excluding carboxylic acids is 1. The summed E-state index contributed by atoms with van der Waals surface area (Å²) < 4.78 is 5.32. The third kappa shape index (κ3) is 2.19. The Balaban J connectivity index is 2.49. The van der Waals surface area contributed by atoms with E-state index in [1.165, 1.54) is 0 Å². The zero-order chi connectivity index (χ0) is 12.3. The number of ether oxygens (including phenoxy) is 1. The summed E-state index contributed by atoms with van der Waals surface area (Å²) in [5.41, 5.74) is 7.16. The summed E-state index contributed by atoms with van der Waals surface area (Å²) in [6.45, 7) is 1.52. The molecule has 1 aliphatic rings. The number of nitrogens with one attached hydrogen (secondary N) is 1. The highest BCUT2D eigenvalue weighted by molar-refractivity contribution is 6.00.